The van der Waals surface area contributed by atoms with Crippen LogP contribution in [0.3, 0.4) is 0 Å². The van der Waals surface area contributed by atoms with Crippen LogP contribution in [0.25, 0.3) is 0 Å². The van der Waals surface area contributed by atoms with Crippen LogP contribution in [0.1, 0.15) is 37.9 Å². The highest BCUT2D eigenvalue weighted by Gasteiger charge is 2.15. The van der Waals surface area contributed by atoms with Crippen molar-refractivity contribution >= 4 is 29.9 Å². The molecule has 1 heterocycles. The number of aliphatic imine (C=N–C) groups is 1. The number of halogens is 2. The molecule has 0 atom stereocenters. The van der Waals surface area contributed by atoms with Crippen molar-refractivity contribution < 1.29 is 8.81 Å². The van der Waals surface area contributed by atoms with Crippen molar-refractivity contribution in [1.29, 1.82) is 0 Å². The van der Waals surface area contributed by atoms with Gasteiger partial charge < -0.3 is 15.1 Å². The monoisotopic (exact) mass is 409 g/mol. The summed E-state index contributed by atoms with van der Waals surface area (Å²) in [6.45, 7) is 0.980. The van der Waals surface area contributed by atoms with Crippen molar-refractivity contribution in [2.24, 2.45) is 4.99 Å². The van der Waals surface area contributed by atoms with E-state index in [1.54, 1.807) is 6.26 Å². The van der Waals surface area contributed by atoms with E-state index in [0.29, 0.717) is 19.0 Å². The van der Waals surface area contributed by atoms with Gasteiger partial charge in [0, 0.05) is 25.6 Å². The minimum atomic E-state index is -0.313. The minimum absolute atomic E-state index is 0. The van der Waals surface area contributed by atoms with Gasteiger partial charge in [0.05, 0.1) is 12.9 Å². The highest BCUT2D eigenvalue weighted by Crippen LogP contribution is 2.17. The standard InChI is InChI=1S/C15H24FN3O.HI/c16-9-4-10-17-15(19-13-5-1-2-6-13)18-11-8-14-7-3-12-20-14;/h3,7,12-13H,1-2,4-6,8-11H2,(H2,17,18,19);1H. The number of furan rings is 1. The maximum Gasteiger partial charge on any atom is 0.191 e. The van der Waals surface area contributed by atoms with E-state index in [1.165, 1.54) is 25.7 Å². The SMILES string of the molecule is FCCCN=C(NCCc1ccco1)NC1CCCC1.I. The molecule has 1 saturated carbocycles. The molecule has 120 valence electrons. The first-order valence-electron chi connectivity index (χ1n) is 7.51. The van der Waals surface area contributed by atoms with Crippen LogP contribution < -0.4 is 10.6 Å². The third kappa shape index (κ3) is 7.15. The van der Waals surface area contributed by atoms with Crippen LogP contribution in [0.2, 0.25) is 0 Å². The van der Waals surface area contributed by atoms with Crippen molar-refractivity contribution in [2.75, 3.05) is 19.8 Å². The van der Waals surface area contributed by atoms with Crippen LogP contribution >= 0.6 is 24.0 Å². The summed E-state index contributed by atoms with van der Waals surface area (Å²) in [6.07, 6.45) is 7.94. The van der Waals surface area contributed by atoms with Crippen molar-refractivity contribution in [3.05, 3.63) is 24.2 Å². The topological polar surface area (TPSA) is 49.6 Å². The number of nitrogens with one attached hydrogen (secondary N) is 2. The Hall–Kier alpha value is -0.790. The van der Waals surface area contributed by atoms with Crippen molar-refractivity contribution in [2.45, 2.75) is 44.6 Å². The first-order chi connectivity index (χ1) is 9.88. The number of rotatable bonds is 7. The summed E-state index contributed by atoms with van der Waals surface area (Å²) in [6, 6.07) is 4.36. The zero-order valence-corrected chi connectivity index (χ0v) is 14.6. The average Bonchev–Trinajstić information content (AvgIpc) is 3.12. The van der Waals surface area contributed by atoms with E-state index in [0.717, 1.165) is 24.7 Å². The molecular formula is C15H25FIN3O. The van der Waals surface area contributed by atoms with Gasteiger partial charge in [-0.25, -0.2) is 0 Å². The molecule has 1 aromatic heterocycles. The normalized spacial score (nSPS) is 15.8. The lowest BCUT2D eigenvalue weighted by Crippen LogP contribution is -2.43. The molecule has 6 heteroatoms. The summed E-state index contributed by atoms with van der Waals surface area (Å²) in [4.78, 5) is 4.42. The van der Waals surface area contributed by atoms with E-state index in [1.807, 2.05) is 12.1 Å². The Balaban J connectivity index is 0.00000220. The molecule has 21 heavy (non-hydrogen) atoms. The van der Waals surface area contributed by atoms with E-state index in [-0.39, 0.29) is 30.7 Å². The molecule has 1 aliphatic carbocycles. The second-order valence-corrected chi connectivity index (χ2v) is 5.15. The molecule has 1 aromatic rings. The maximum absolute atomic E-state index is 12.2. The fourth-order valence-electron chi connectivity index (χ4n) is 2.43. The summed E-state index contributed by atoms with van der Waals surface area (Å²) in [7, 11) is 0. The van der Waals surface area contributed by atoms with E-state index < -0.39 is 0 Å². The van der Waals surface area contributed by atoms with Gasteiger partial charge in [-0.05, 0) is 31.4 Å². The lowest BCUT2D eigenvalue weighted by Gasteiger charge is -2.17. The minimum Gasteiger partial charge on any atom is -0.469 e. The average molecular weight is 409 g/mol. The zero-order valence-electron chi connectivity index (χ0n) is 12.3. The Morgan fingerprint density at radius 1 is 1.38 bits per heavy atom. The molecule has 0 amide bonds. The number of hydrogen-bond donors (Lipinski definition) is 2. The molecule has 1 fully saturated rings. The molecule has 0 bridgehead atoms. The molecule has 0 aromatic carbocycles. The van der Waals surface area contributed by atoms with Gasteiger partial charge in [0.2, 0.25) is 0 Å². The van der Waals surface area contributed by atoms with Gasteiger partial charge in [-0.1, -0.05) is 12.8 Å². The van der Waals surface area contributed by atoms with Gasteiger partial charge in [0.15, 0.2) is 5.96 Å². The molecule has 2 N–H and O–H groups in total. The quantitative estimate of drug-likeness (QED) is 0.315. The first kappa shape index (κ1) is 18.3. The number of hydrogen-bond acceptors (Lipinski definition) is 2. The predicted molar refractivity (Wildman–Crippen MR) is 94.1 cm³/mol. The smallest absolute Gasteiger partial charge is 0.191 e. The van der Waals surface area contributed by atoms with Crippen LogP contribution in [0.5, 0.6) is 0 Å². The van der Waals surface area contributed by atoms with Crippen molar-refractivity contribution in [1.82, 2.24) is 10.6 Å². The number of alkyl halides is 1. The van der Waals surface area contributed by atoms with Gasteiger partial charge >= 0.3 is 0 Å². The van der Waals surface area contributed by atoms with Gasteiger partial charge in [-0.15, -0.1) is 24.0 Å². The first-order valence-corrected chi connectivity index (χ1v) is 7.51. The number of nitrogens with zero attached hydrogens (tertiary/aromatic N) is 1. The molecule has 4 nitrogen and oxygen atoms in total. The van der Waals surface area contributed by atoms with Gasteiger partial charge in [0.1, 0.15) is 5.76 Å². The molecule has 1 aliphatic rings. The van der Waals surface area contributed by atoms with Crippen LogP contribution in [-0.2, 0) is 6.42 Å². The van der Waals surface area contributed by atoms with Crippen LogP contribution in [0, 0.1) is 0 Å². The summed E-state index contributed by atoms with van der Waals surface area (Å²) < 4.78 is 17.5. The van der Waals surface area contributed by atoms with Crippen LogP contribution in [0.15, 0.2) is 27.8 Å². The third-order valence-electron chi connectivity index (χ3n) is 3.50. The summed E-state index contributed by atoms with van der Waals surface area (Å²) in [5, 5.41) is 6.74. The van der Waals surface area contributed by atoms with Crippen molar-refractivity contribution in [3.63, 3.8) is 0 Å². The predicted octanol–water partition coefficient (Wildman–Crippen LogP) is 3.28. The highest BCUT2D eigenvalue weighted by molar-refractivity contribution is 14.0. The molecule has 0 unspecified atom stereocenters. The van der Waals surface area contributed by atoms with Crippen LogP contribution in [-0.4, -0.2) is 31.8 Å². The van der Waals surface area contributed by atoms with Gasteiger partial charge in [-0.2, -0.15) is 0 Å². The molecule has 0 saturated heterocycles. The summed E-state index contributed by atoms with van der Waals surface area (Å²) in [5.74, 6) is 1.76. The van der Waals surface area contributed by atoms with E-state index >= 15 is 0 Å². The Labute approximate surface area is 143 Å². The molecular weight excluding hydrogens is 384 g/mol. The Kier molecular flexibility index (Phi) is 9.45. The Morgan fingerprint density at radius 2 is 2.19 bits per heavy atom. The van der Waals surface area contributed by atoms with E-state index in [9.17, 15) is 4.39 Å². The lowest BCUT2D eigenvalue weighted by molar-refractivity contribution is 0.476. The molecule has 2 rings (SSSR count). The second-order valence-electron chi connectivity index (χ2n) is 5.15. The number of guanidine groups is 1. The highest BCUT2D eigenvalue weighted by atomic mass is 127. The fraction of sp³-hybridized carbons (Fsp3) is 0.667. The molecule has 0 radical (unpaired) electrons. The second kappa shape index (κ2) is 10.9. The van der Waals surface area contributed by atoms with Crippen LogP contribution in [0.4, 0.5) is 4.39 Å². The lowest BCUT2D eigenvalue weighted by atomic mass is 10.2. The summed E-state index contributed by atoms with van der Waals surface area (Å²) >= 11 is 0. The molecule has 0 aliphatic heterocycles. The Morgan fingerprint density at radius 3 is 2.86 bits per heavy atom. The van der Waals surface area contributed by atoms with E-state index in [4.69, 9.17) is 4.42 Å². The van der Waals surface area contributed by atoms with Gasteiger partial charge in [-0.3, -0.25) is 9.38 Å². The fourth-order valence-corrected chi connectivity index (χ4v) is 2.43. The van der Waals surface area contributed by atoms with Gasteiger partial charge in [0.25, 0.3) is 0 Å². The largest absolute Gasteiger partial charge is 0.469 e. The Bertz CT molecular complexity index is 392. The summed E-state index contributed by atoms with van der Waals surface area (Å²) in [5.41, 5.74) is 0. The maximum atomic E-state index is 12.2. The zero-order chi connectivity index (χ0) is 14.0. The van der Waals surface area contributed by atoms with E-state index in [2.05, 4.69) is 15.6 Å². The molecule has 0 spiro atoms. The van der Waals surface area contributed by atoms with Crippen molar-refractivity contribution in [3.8, 4) is 0 Å². The third-order valence-corrected chi connectivity index (χ3v) is 3.50.